The molecule has 174 valence electrons. The second-order valence-electron chi connectivity index (χ2n) is 7.82. The lowest BCUT2D eigenvalue weighted by atomic mass is 10.1. The number of ether oxygens (including phenoxy) is 1. The Morgan fingerprint density at radius 1 is 1.09 bits per heavy atom. The first-order chi connectivity index (χ1) is 15.0. The Labute approximate surface area is 208 Å². The number of guanidine groups is 1. The molecule has 32 heavy (non-hydrogen) atoms. The molecule has 7 nitrogen and oxygen atoms in total. The van der Waals surface area contributed by atoms with Crippen LogP contribution in [-0.4, -0.2) is 61.0 Å². The van der Waals surface area contributed by atoms with Crippen LogP contribution in [0.1, 0.15) is 23.6 Å². The number of rotatable bonds is 8. The summed E-state index contributed by atoms with van der Waals surface area (Å²) in [6.45, 7) is 10.4. The van der Waals surface area contributed by atoms with Crippen LogP contribution in [0.15, 0.2) is 53.5 Å². The highest BCUT2D eigenvalue weighted by atomic mass is 127. The van der Waals surface area contributed by atoms with Gasteiger partial charge < -0.3 is 20.7 Å². The first kappa shape index (κ1) is 25.9. The first-order valence-electron chi connectivity index (χ1n) is 10.8. The highest BCUT2D eigenvalue weighted by Gasteiger charge is 2.19. The number of halogens is 1. The van der Waals surface area contributed by atoms with Crippen LogP contribution in [0.5, 0.6) is 5.75 Å². The van der Waals surface area contributed by atoms with Crippen LogP contribution in [0, 0.1) is 6.92 Å². The summed E-state index contributed by atoms with van der Waals surface area (Å²) in [5.74, 6) is 1.07. The Bertz CT molecular complexity index is 897. The molecule has 1 amide bonds. The van der Waals surface area contributed by atoms with Gasteiger partial charge in [0.1, 0.15) is 5.75 Å². The fourth-order valence-corrected chi connectivity index (χ4v) is 3.67. The van der Waals surface area contributed by atoms with Crippen molar-refractivity contribution in [1.82, 2.24) is 15.1 Å². The molecule has 0 atom stereocenters. The molecule has 1 fully saturated rings. The van der Waals surface area contributed by atoms with Crippen LogP contribution < -0.4 is 15.8 Å². The molecule has 3 N–H and O–H groups in total. The highest BCUT2D eigenvalue weighted by molar-refractivity contribution is 14.0. The minimum absolute atomic E-state index is 0. The van der Waals surface area contributed by atoms with E-state index in [-0.39, 0.29) is 30.6 Å². The molecular formula is C24H34IN5O2. The molecule has 0 radical (unpaired) electrons. The number of aliphatic imine (C=N–C) groups is 1. The molecule has 0 aromatic heterocycles. The second-order valence-corrected chi connectivity index (χ2v) is 7.82. The minimum atomic E-state index is -0.487. The first-order valence-corrected chi connectivity index (χ1v) is 10.8. The lowest BCUT2D eigenvalue weighted by molar-refractivity contribution is -0.119. The molecule has 0 spiro atoms. The largest absolute Gasteiger partial charge is 0.484 e. The van der Waals surface area contributed by atoms with Crippen LogP contribution in [0.3, 0.4) is 0 Å². The quantitative estimate of drug-likeness (QED) is 0.300. The standard InChI is InChI=1S/C24H33N5O2.HI/c1-3-26-24(27-16-20-7-5-9-22(15-20)31-18-23(25)30)29-12-10-28(11-13-29)17-21-8-4-6-19(2)14-21;/h4-9,14-15H,3,10-13,16-18H2,1-2H3,(H2,25,30)(H,26,27);1H. The van der Waals surface area contributed by atoms with Gasteiger partial charge in [0, 0.05) is 39.3 Å². The van der Waals surface area contributed by atoms with Crippen molar-refractivity contribution in [1.29, 1.82) is 0 Å². The number of nitrogens with one attached hydrogen (secondary N) is 1. The van der Waals surface area contributed by atoms with Gasteiger partial charge in [0.25, 0.3) is 5.91 Å². The number of hydrogen-bond donors (Lipinski definition) is 2. The summed E-state index contributed by atoms with van der Waals surface area (Å²) in [7, 11) is 0. The summed E-state index contributed by atoms with van der Waals surface area (Å²) in [5, 5.41) is 3.41. The van der Waals surface area contributed by atoms with Crippen molar-refractivity contribution in [3.63, 3.8) is 0 Å². The summed E-state index contributed by atoms with van der Waals surface area (Å²) in [6, 6.07) is 16.4. The van der Waals surface area contributed by atoms with Gasteiger partial charge in [-0.25, -0.2) is 4.99 Å². The maximum atomic E-state index is 10.9. The molecule has 1 aliphatic heterocycles. The summed E-state index contributed by atoms with van der Waals surface area (Å²) in [4.78, 5) is 20.6. The number of nitrogens with zero attached hydrogens (tertiary/aromatic N) is 3. The van der Waals surface area contributed by atoms with Crippen LogP contribution in [0.4, 0.5) is 0 Å². The number of nitrogens with two attached hydrogens (primary N) is 1. The fraction of sp³-hybridized carbons (Fsp3) is 0.417. The van der Waals surface area contributed by atoms with Gasteiger partial charge in [-0.2, -0.15) is 0 Å². The van der Waals surface area contributed by atoms with Crippen molar-refractivity contribution < 1.29 is 9.53 Å². The van der Waals surface area contributed by atoms with Crippen molar-refractivity contribution in [2.75, 3.05) is 39.3 Å². The number of carbonyl (C=O) groups excluding carboxylic acids is 1. The van der Waals surface area contributed by atoms with Crippen molar-refractivity contribution in [2.24, 2.45) is 10.7 Å². The van der Waals surface area contributed by atoms with Crippen molar-refractivity contribution >= 4 is 35.8 Å². The number of piperazine rings is 1. The van der Waals surface area contributed by atoms with Crippen LogP contribution >= 0.6 is 24.0 Å². The number of aryl methyl sites for hydroxylation is 1. The van der Waals surface area contributed by atoms with Crippen LogP contribution in [0.25, 0.3) is 0 Å². The van der Waals surface area contributed by atoms with E-state index in [9.17, 15) is 4.79 Å². The van der Waals surface area contributed by atoms with Gasteiger partial charge in [0.05, 0.1) is 6.54 Å². The fourth-order valence-electron chi connectivity index (χ4n) is 3.67. The predicted molar refractivity (Wildman–Crippen MR) is 139 cm³/mol. The Balaban J connectivity index is 0.00000363. The second kappa shape index (κ2) is 13.3. The summed E-state index contributed by atoms with van der Waals surface area (Å²) < 4.78 is 5.39. The lowest BCUT2D eigenvalue weighted by Crippen LogP contribution is -2.52. The normalized spacial score (nSPS) is 14.6. The van der Waals surface area contributed by atoms with E-state index in [0.717, 1.165) is 50.8 Å². The van der Waals surface area contributed by atoms with Gasteiger partial charge in [-0.05, 0) is 37.1 Å². The van der Waals surface area contributed by atoms with Crippen LogP contribution in [0.2, 0.25) is 0 Å². The van der Waals surface area contributed by atoms with E-state index in [2.05, 4.69) is 53.2 Å². The number of hydrogen-bond acceptors (Lipinski definition) is 4. The monoisotopic (exact) mass is 551 g/mol. The zero-order valence-corrected chi connectivity index (χ0v) is 21.2. The van der Waals surface area contributed by atoms with Gasteiger partial charge in [-0.3, -0.25) is 9.69 Å². The van der Waals surface area contributed by atoms with E-state index in [1.54, 1.807) is 0 Å². The third-order valence-electron chi connectivity index (χ3n) is 5.19. The molecule has 1 aliphatic rings. The number of carbonyl (C=O) groups is 1. The van der Waals surface area contributed by atoms with E-state index in [0.29, 0.717) is 12.3 Å². The molecule has 3 rings (SSSR count). The molecular weight excluding hydrogens is 517 g/mol. The molecule has 0 unspecified atom stereocenters. The molecule has 1 heterocycles. The van der Waals surface area contributed by atoms with E-state index in [1.807, 2.05) is 24.3 Å². The van der Waals surface area contributed by atoms with Crippen molar-refractivity contribution in [2.45, 2.75) is 26.9 Å². The van der Waals surface area contributed by atoms with Crippen LogP contribution in [-0.2, 0) is 17.9 Å². The molecule has 0 aliphatic carbocycles. The molecule has 1 saturated heterocycles. The Morgan fingerprint density at radius 3 is 2.50 bits per heavy atom. The summed E-state index contributed by atoms with van der Waals surface area (Å²) in [5.41, 5.74) is 8.85. The van der Waals surface area contributed by atoms with E-state index >= 15 is 0 Å². The zero-order chi connectivity index (χ0) is 22.1. The number of amides is 1. The number of benzene rings is 2. The van der Waals surface area contributed by atoms with Gasteiger partial charge in [0.15, 0.2) is 12.6 Å². The molecule has 2 aromatic carbocycles. The van der Waals surface area contributed by atoms with E-state index in [1.165, 1.54) is 11.1 Å². The molecule has 0 bridgehead atoms. The van der Waals surface area contributed by atoms with Gasteiger partial charge in [-0.15, -0.1) is 24.0 Å². The maximum absolute atomic E-state index is 10.9. The highest BCUT2D eigenvalue weighted by Crippen LogP contribution is 2.15. The van der Waals surface area contributed by atoms with E-state index in [4.69, 9.17) is 15.5 Å². The van der Waals surface area contributed by atoms with Crippen molar-refractivity contribution in [3.8, 4) is 5.75 Å². The van der Waals surface area contributed by atoms with Gasteiger partial charge >= 0.3 is 0 Å². The predicted octanol–water partition coefficient (Wildman–Crippen LogP) is 2.76. The molecule has 0 saturated carbocycles. The topological polar surface area (TPSA) is 83.2 Å². The van der Waals surface area contributed by atoms with Crippen molar-refractivity contribution in [3.05, 3.63) is 65.2 Å². The Kier molecular flexibility index (Phi) is 10.8. The third kappa shape index (κ3) is 8.31. The number of primary amides is 1. The average Bonchev–Trinajstić information content (AvgIpc) is 2.76. The summed E-state index contributed by atoms with van der Waals surface area (Å²) in [6.07, 6.45) is 0. The smallest absolute Gasteiger partial charge is 0.255 e. The molecule has 2 aromatic rings. The minimum Gasteiger partial charge on any atom is -0.484 e. The third-order valence-corrected chi connectivity index (χ3v) is 5.19. The van der Waals surface area contributed by atoms with Gasteiger partial charge in [-0.1, -0.05) is 42.0 Å². The lowest BCUT2D eigenvalue weighted by Gasteiger charge is -2.36. The zero-order valence-electron chi connectivity index (χ0n) is 18.9. The Hall–Kier alpha value is -2.33. The van der Waals surface area contributed by atoms with E-state index < -0.39 is 5.91 Å². The SMILES string of the molecule is CCNC(=NCc1cccc(OCC(N)=O)c1)N1CCN(Cc2cccc(C)c2)CC1.I. The molecule has 8 heteroatoms. The summed E-state index contributed by atoms with van der Waals surface area (Å²) >= 11 is 0. The van der Waals surface area contributed by atoms with Gasteiger partial charge in [0.2, 0.25) is 0 Å². The maximum Gasteiger partial charge on any atom is 0.255 e. The Morgan fingerprint density at radius 2 is 1.81 bits per heavy atom. The average molecular weight is 551 g/mol.